The number of nitrogens with one attached hydrogen (secondary N) is 2. The number of anilines is 3. The first-order valence-electron chi connectivity index (χ1n) is 13.4. The Hall–Kier alpha value is -5.57. The molecule has 0 spiro atoms. The smallest absolute Gasteiger partial charge is 0.313 e. The van der Waals surface area contributed by atoms with Crippen molar-refractivity contribution in [3.05, 3.63) is 84.3 Å². The topological polar surface area (TPSA) is 174 Å². The number of fused-ring (bicyclic) bond motifs is 1. The van der Waals surface area contributed by atoms with Gasteiger partial charge in [-0.2, -0.15) is 23.9 Å². The van der Waals surface area contributed by atoms with Gasteiger partial charge >= 0.3 is 6.08 Å². The summed E-state index contributed by atoms with van der Waals surface area (Å²) in [5.41, 5.74) is 2.83. The Morgan fingerprint density at radius 3 is 2.24 bits per heavy atom. The van der Waals surface area contributed by atoms with E-state index in [4.69, 9.17) is 0 Å². The number of azo groups is 2. The highest BCUT2D eigenvalue weighted by molar-refractivity contribution is 7.91. The predicted octanol–water partition coefficient (Wildman–Crippen LogP) is 8.04. The van der Waals surface area contributed by atoms with Crippen molar-refractivity contribution in [3.8, 4) is 11.5 Å². The molecular weight excluding hydrogens is 606 g/mol. The number of halogens is 2. The van der Waals surface area contributed by atoms with Gasteiger partial charge in [-0.25, -0.2) is 8.42 Å². The molecule has 0 aliphatic rings. The largest absolute Gasteiger partial charge is 0.506 e. The van der Waals surface area contributed by atoms with Crippen LogP contribution < -0.4 is 10.6 Å². The summed E-state index contributed by atoms with van der Waals surface area (Å²) in [4.78, 5) is 6.48. The van der Waals surface area contributed by atoms with Gasteiger partial charge in [-0.15, -0.1) is 15.3 Å². The maximum atomic E-state index is 13.5. The van der Waals surface area contributed by atoms with E-state index in [-0.39, 0.29) is 39.3 Å². The van der Waals surface area contributed by atoms with Gasteiger partial charge in [0.05, 0.1) is 22.0 Å². The van der Waals surface area contributed by atoms with Crippen LogP contribution in [0.25, 0.3) is 10.8 Å². The molecule has 5 aromatic rings. The van der Waals surface area contributed by atoms with Crippen molar-refractivity contribution < 1.29 is 27.4 Å². The zero-order valence-electron chi connectivity index (χ0n) is 24.1. The molecule has 0 fully saturated rings. The lowest BCUT2D eigenvalue weighted by molar-refractivity contribution is 0.473. The van der Waals surface area contributed by atoms with Gasteiger partial charge in [-0.05, 0) is 61.0 Å². The van der Waals surface area contributed by atoms with Crippen LogP contribution >= 0.6 is 0 Å². The fraction of sp³-hybridized carbons (Fsp3) is 0.133. The van der Waals surface area contributed by atoms with Crippen molar-refractivity contribution in [1.82, 2.24) is 9.97 Å². The Morgan fingerprint density at radius 1 is 0.822 bits per heavy atom. The first kappa shape index (κ1) is 30.9. The molecule has 12 nitrogen and oxygen atoms in total. The Bertz CT molecular complexity index is 2090. The third-order valence-electron chi connectivity index (χ3n) is 6.75. The summed E-state index contributed by atoms with van der Waals surface area (Å²) in [7, 11) is -1.81. The van der Waals surface area contributed by atoms with Crippen LogP contribution in [0.1, 0.15) is 12.5 Å². The summed E-state index contributed by atoms with van der Waals surface area (Å²) in [6, 6.07) is 16.4. The van der Waals surface area contributed by atoms with Gasteiger partial charge in [-0.3, -0.25) is 0 Å². The molecule has 15 heteroatoms. The van der Waals surface area contributed by atoms with Crippen molar-refractivity contribution >= 4 is 60.6 Å². The Labute approximate surface area is 256 Å². The maximum absolute atomic E-state index is 13.5. The molecule has 0 unspecified atom stereocenters. The fourth-order valence-electron chi connectivity index (χ4n) is 4.31. The Balaban J connectivity index is 1.47. The normalized spacial score (nSPS) is 11.9. The Morgan fingerprint density at radius 2 is 1.53 bits per heavy atom. The Kier molecular flexibility index (Phi) is 8.63. The standard InChI is InChI=1S/C30H26F2N8O4S/c1-4-45(43,44)18-7-10-21(25(41)14-18)37-38-23-12-8-19-20(29(23)42)9-11-22(33-3)28(19)40-39-24-13-17(6-5-16(24)2)34-27-15-26(31)35-30(32)36-27/h5-15,33,41-42H,4H2,1-3H3,(H,34,35,36)/b38-37+,40-39+. The van der Waals surface area contributed by atoms with E-state index in [1.165, 1.54) is 25.1 Å². The highest BCUT2D eigenvalue weighted by Crippen LogP contribution is 2.43. The molecule has 0 saturated heterocycles. The van der Waals surface area contributed by atoms with E-state index >= 15 is 0 Å². The zero-order chi connectivity index (χ0) is 32.3. The van der Waals surface area contributed by atoms with E-state index in [0.29, 0.717) is 33.5 Å². The summed E-state index contributed by atoms with van der Waals surface area (Å²) in [6.07, 6.45) is -1.20. The van der Waals surface area contributed by atoms with Crippen molar-refractivity contribution in [2.45, 2.75) is 18.7 Å². The predicted molar refractivity (Wildman–Crippen MR) is 166 cm³/mol. The van der Waals surface area contributed by atoms with Crippen LogP contribution in [0.4, 0.5) is 48.7 Å². The van der Waals surface area contributed by atoms with Gasteiger partial charge < -0.3 is 20.8 Å². The van der Waals surface area contributed by atoms with Crippen molar-refractivity contribution in [3.63, 3.8) is 0 Å². The SMILES string of the molecule is CCS(=O)(=O)c1ccc(/N=N/c2ccc3c(/N=N/c4cc(Nc5cc(F)nc(F)n5)ccc4C)c(NC)ccc3c2O)c(O)c1. The summed E-state index contributed by atoms with van der Waals surface area (Å²) >= 11 is 0. The number of aromatic hydroxyl groups is 2. The van der Waals surface area contributed by atoms with Crippen LogP contribution in [0.5, 0.6) is 11.5 Å². The minimum atomic E-state index is -3.52. The fourth-order valence-corrected chi connectivity index (χ4v) is 5.21. The number of aryl methyl sites for hydroxylation is 1. The summed E-state index contributed by atoms with van der Waals surface area (Å²) in [5.74, 6) is -1.78. The number of rotatable bonds is 9. The molecular formula is C30H26F2N8O4S. The number of hydrogen-bond donors (Lipinski definition) is 4. The second-order valence-electron chi connectivity index (χ2n) is 9.67. The quantitative estimate of drug-likeness (QED) is 0.0717. The summed E-state index contributed by atoms with van der Waals surface area (Å²) in [5, 5.41) is 45.1. The van der Waals surface area contributed by atoms with E-state index in [0.717, 1.165) is 17.7 Å². The second-order valence-corrected chi connectivity index (χ2v) is 11.9. The number of nitrogens with zero attached hydrogens (tertiary/aromatic N) is 6. The zero-order valence-corrected chi connectivity index (χ0v) is 24.9. The van der Waals surface area contributed by atoms with Gasteiger partial charge in [0.15, 0.2) is 15.6 Å². The molecule has 0 aliphatic carbocycles. The maximum Gasteiger partial charge on any atom is 0.313 e. The van der Waals surface area contributed by atoms with Crippen molar-refractivity contribution in [1.29, 1.82) is 0 Å². The van der Waals surface area contributed by atoms with E-state index < -0.39 is 21.9 Å². The van der Waals surface area contributed by atoms with Crippen LogP contribution in [0, 0.1) is 18.9 Å². The lowest BCUT2D eigenvalue weighted by Crippen LogP contribution is -2.02. The van der Waals surface area contributed by atoms with Crippen LogP contribution in [0.3, 0.4) is 0 Å². The van der Waals surface area contributed by atoms with Crippen molar-refractivity contribution in [2.24, 2.45) is 20.5 Å². The minimum Gasteiger partial charge on any atom is -0.506 e. The molecule has 0 saturated carbocycles. The first-order valence-corrected chi connectivity index (χ1v) is 15.1. The third kappa shape index (κ3) is 6.67. The number of sulfone groups is 1. The van der Waals surface area contributed by atoms with Crippen molar-refractivity contribution in [2.75, 3.05) is 23.4 Å². The van der Waals surface area contributed by atoms with Crippen LogP contribution in [0.15, 0.2) is 92.1 Å². The average Bonchev–Trinajstić information content (AvgIpc) is 3.00. The highest BCUT2D eigenvalue weighted by atomic mass is 32.2. The number of phenolic OH excluding ortho intramolecular Hbond substituents is 2. The molecule has 0 amide bonds. The number of phenols is 2. The van der Waals surface area contributed by atoms with Gasteiger partial charge in [-0.1, -0.05) is 13.0 Å². The number of aromatic nitrogens is 2. The lowest BCUT2D eigenvalue weighted by atomic mass is 10.1. The molecule has 5 rings (SSSR count). The van der Waals surface area contributed by atoms with Gasteiger partial charge in [0, 0.05) is 35.6 Å². The molecule has 1 heterocycles. The van der Waals surface area contributed by atoms with E-state index in [2.05, 4.69) is 41.1 Å². The molecule has 45 heavy (non-hydrogen) atoms. The molecule has 4 aromatic carbocycles. The molecule has 0 bridgehead atoms. The molecule has 0 atom stereocenters. The first-order chi connectivity index (χ1) is 21.5. The third-order valence-corrected chi connectivity index (χ3v) is 8.48. The molecule has 0 radical (unpaired) electrons. The highest BCUT2D eigenvalue weighted by Gasteiger charge is 2.16. The molecule has 1 aromatic heterocycles. The number of hydrogen-bond acceptors (Lipinski definition) is 12. The van der Waals surface area contributed by atoms with Gasteiger partial charge in [0.2, 0.25) is 5.95 Å². The van der Waals surface area contributed by atoms with E-state index in [9.17, 15) is 27.4 Å². The second kappa shape index (κ2) is 12.6. The molecule has 0 aliphatic heterocycles. The average molecular weight is 633 g/mol. The van der Waals surface area contributed by atoms with E-state index in [1.807, 2.05) is 6.92 Å². The molecule has 4 N–H and O–H groups in total. The van der Waals surface area contributed by atoms with Crippen LogP contribution in [-0.4, -0.2) is 41.4 Å². The summed E-state index contributed by atoms with van der Waals surface area (Å²) < 4.78 is 51.1. The number of benzene rings is 4. The van der Waals surface area contributed by atoms with Gasteiger partial charge in [0.25, 0.3) is 0 Å². The van der Waals surface area contributed by atoms with Crippen LogP contribution in [0.2, 0.25) is 0 Å². The van der Waals surface area contributed by atoms with Gasteiger partial charge in [0.1, 0.15) is 28.6 Å². The monoisotopic (exact) mass is 632 g/mol. The lowest BCUT2D eigenvalue weighted by Gasteiger charge is -2.11. The summed E-state index contributed by atoms with van der Waals surface area (Å²) in [6.45, 7) is 3.32. The minimum absolute atomic E-state index is 0.0200. The van der Waals surface area contributed by atoms with Crippen LogP contribution in [-0.2, 0) is 9.84 Å². The van der Waals surface area contributed by atoms with E-state index in [1.54, 1.807) is 43.4 Å². The molecule has 230 valence electrons.